The third-order valence-corrected chi connectivity index (χ3v) is 4.86. The van der Waals surface area contributed by atoms with Crippen molar-refractivity contribution in [2.75, 3.05) is 11.9 Å². The van der Waals surface area contributed by atoms with Gasteiger partial charge in [-0.05, 0) is 43.2 Å². The Labute approximate surface area is 194 Å². The molecule has 0 saturated carbocycles. The van der Waals surface area contributed by atoms with E-state index in [-0.39, 0.29) is 22.1 Å². The number of Topliss-reactive ketones (excluding diaryl/α,β-unsaturated/α-hetero) is 1. The van der Waals surface area contributed by atoms with Gasteiger partial charge in [-0.15, -0.1) is 0 Å². The molecule has 0 heterocycles. The standard InChI is InChI=1S/C22H22ClN3O7/c1-12(2)20(25-21(29)17-10-16(26(31)32)8-9-18(17)23)22(30)33-11-19(28)24-15-6-4-14(5-7-15)13(3)27/h4-10,12,20H,11H2,1-3H3,(H,24,28)(H,25,29)/t20-/m1/s1. The molecule has 2 aromatic rings. The molecule has 2 amide bonds. The number of nitrogens with zero attached hydrogens (tertiary/aromatic N) is 1. The third-order valence-electron chi connectivity index (χ3n) is 4.53. The van der Waals surface area contributed by atoms with Crippen LogP contribution in [0.4, 0.5) is 11.4 Å². The lowest BCUT2D eigenvalue weighted by Gasteiger charge is -2.21. The molecule has 2 rings (SSSR count). The molecule has 2 N–H and O–H groups in total. The molecule has 0 unspecified atom stereocenters. The van der Waals surface area contributed by atoms with Crippen molar-refractivity contribution in [3.05, 3.63) is 68.7 Å². The minimum Gasteiger partial charge on any atom is -0.454 e. The van der Waals surface area contributed by atoms with E-state index in [2.05, 4.69) is 10.6 Å². The fourth-order valence-electron chi connectivity index (χ4n) is 2.73. The first-order chi connectivity index (χ1) is 15.5. The summed E-state index contributed by atoms with van der Waals surface area (Å²) >= 11 is 5.97. The first-order valence-electron chi connectivity index (χ1n) is 9.82. The maximum Gasteiger partial charge on any atom is 0.329 e. The van der Waals surface area contributed by atoms with Gasteiger partial charge >= 0.3 is 5.97 Å². The molecule has 0 aliphatic heterocycles. The van der Waals surface area contributed by atoms with Gasteiger partial charge in [0.05, 0.1) is 15.5 Å². The minimum atomic E-state index is -1.13. The molecule has 10 nitrogen and oxygen atoms in total. The van der Waals surface area contributed by atoms with Gasteiger partial charge in [-0.1, -0.05) is 25.4 Å². The number of nitrogens with one attached hydrogen (secondary N) is 2. The second kappa shape index (κ2) is 11.2. The molecule has 174 valence electrons. The highest BCUT2D eigenvalue weighted by molar-refractivity contribution is 6.34. The van der Waals surface area contributed by atoms with E-state index in [0.717, 1.165) is 12.1 Å². The summed E-state index contributed by atoms with van der Waals surface area (Å²) in [7, 11) is 0. The zero-order valence-corrected chi connectivity index (χ0v) is 18.8. The topological polar surface area (TPSA) is 145 Å². The monoisotopic (exact) mass is 475 g/mol. The number of ether oxygens (including phenoxy) is 1. The van der Waals surface area contributed by atoms with Crippen LogP contribution in [0.2, 0.25) is 5.02 Å². The lowest BCUT2D eigenvalue weighted by molar-refractivity contribution is -0.384. The summed E-state index contributed by atoms with van der Waals surface area (Å²) in [5.41, 5.74) is 0.395. The first-order valence-corrected chi connectivity index (χ1v) is 10.2. The molecule has 0 spiro atoms. The van der Waals surface area contributed by atoms with E-state index < -0.39 is 41.3 Å². The molecule has 0 aliphatic rings. The maximum atomic E-state index is 12.6. The molecule has 11 heteroatoms. The third kappa shape index (κ3) is 7.11. The van der Waals surface area contributed by atoms with Crippen LogP contribution in [0.1, 0.15) is 41.5 Å². The van der Waals surface area contributed by atoms with Crippen LogP contribution in [0.15, 0.2) is 42.5 Å². The Morgan fingerprint density at radius 1 is 1.09 bits per heavy atom. The Hall–Kier alpha value is -3.79. The van der Waals surface area contributed by atoms with Crippen molar-refractivity contribution in [1.82, 2.24) is 5.32 Å². The van der Waals surface area contributed by atoms with Crippen molar-refractivity contribution >= 4 is 46.5 Å². The number of carbonyl (C=O) groups is 4. The fourth-order valence-corrected chi connectivity index (χ4v) is 2.93. The molecular formula is C22H22ClN3O7. The maximum absolute atomic E-state index is 12.6. The Morgan fingerprint density at radius 2 is 1.73 bits per heavy atom. The van der Waals surface area contributed by atoms with Crippen LogP contribution in [-0.2, 0) is 14.3 Å². The van der Waals surface area contributed by atoms with Crippen LogP contribution in [0.25, 0.3) is 0 Å². The zero-order chi connectivity index (χ0) is 24.7. The quantitative estimate of drug-likeness (QED) is 0.244. The van der Waals surface area contributed by atoms with Crippen molar-refractivity contribution in [3.63, 3.8) is 0 Å². The van der Waals surface area contributed by atoms with Crippen LogP contribution in [0.5, 0.6) is 0 Å². The number of anilines is 1. The van der Waals surface area contributed by atoms with Crippen LogP contribution in [-0.4, -0.2) is 41.1 Å². The molecule has 0 bridgehead atoms. The highest BCUT2D eigenvalue weighted by Gasteiger charge is 2.28. The Morgan fingerprint density at radius 3 is 2.27 bits per heavy atom. The SMILES string of the molecule is CC(=O)c1ccc(NC(=O)COC(=O)[C@H](NC(=O)c2cc([N+](=O)[O-])ccc2Cl)C(C)C)cc1. The number of rotatable bonds is 9. The van der Waals surface area contributed by atoms with Gasteiger partial charge in [0.25, 0.3) is 17.5 Å². The molecule has 0 fully saturated rings. The van der Waals surface area contributed by atoms with E-state index in [9.17, 15) is 29.3 Å². The van der Waals surface area contributed by atoms with Crippen LogP contribution < -0.4 is 10.6 Å². The van der Waals surface area contributed by atoms with Gasteiger partial charge in [0, 0.05) is 23.4 Å². The molecule has 0 saturated heterocycles. The highest BCUT2D eigenvalue weighted by Crippen LogP contribution is 2.22. The number of ketones is 1. The molecule has 33 heavy (non-hydrogen) atoms. The predicted molar refractivity (Wildman–Crippen MR) is 120 cm³/mol. The fraction of sp³-hybridized carbons (Fsp3) is 0.273. The Kier molecular flexibility index (Phi) is 8.63. The van der Waals surface area contributed by atoms with E-state index in [0.29, 0.717) is 11.3 Å². The van der Waals surface area contributed by atoms with Crippen LogP contribution in [0, 0.1) is 16.0 Å². The van der Waals surface area contributed by atoms with Crippen molar-refractivity contribution in [3.8, 4) is 0 Å². The zero-order valence-electron chi connectivity index (χ0n) is 18.1. The average molecular weight is 476 g/mol. The van der Waals surface area contributed by atoms with Crippen LogP contribution >= 0.6 is 11.6 Å². The highest BCUT2D eigenvalue weighted by atomic mass is 35.5. The number of non-ortho nitro benzene ring substituents is 1. The van der Waals surface area contributed by atoms with Gasteiger partial charge in [0.1, 0.15) is 6.04 Å². The molecule has 0 aliphatic carbocycles. The molecule has 0 aromatic heterocycles. The Bertz CT molecular complexity index is 1080. The number of carbonyl (C=O) groups excluding carboxylic acids is 4. The van der Waals surface area contributed by atoms with Gasteiger partial charge in [0.2, 0.25) is 0 Å². The number of nitro benzene ring substituents is 1. The molecule has 0 radical (unpaired) electrons. The van der Waals surface area contributed by atoms with Gasteiger partial charge in [-0.3, -0.25) is 24.5 Å². The lowest BCUT2D eigenvalue weighted by Crippen LogP contribution is -2.46. The number of benzene rings is 2. The average Bonchev–Trinajstić information content (AvgIpc) is 2.75. The summed E-state index contributed by atoms with van der Waals surface area (Å²) in [6.45, 7) is 4.11. The largest absolute Gasteiger partial charge is 0.454 e. The summed E-state index contributed by atoms with van der Waals surface area (Å²) in [6.07, 6.45) is 0. The summed E-state index contributed by atoms with van der Waals surface area (Å²) in [5.74, 6) is -2.80. The van der Waals surface area contributed by atoms with Crippen molar-refractivity contribution < 1.29 is 28.8 Å². The van der Waals surface area contributed by atoms with Crippen molar-refractivity contribution in [2.45, 2.75) is 26.8 Å². The van der Waals surface area contributed by atoms with E-state index >= 15 is 0 Å². The molecule has 2 aromatic carbocycles. The Balaban J connectivity index is 2.00. The summed E-state index contributed by atoms with van der Waals surface area (Å²) < 4.78 is 5.03. The van der Waals surface area contributed by atoms with Gasteiger partial charge in [-0.2, -0.15) is 0 Å². The van der Waals surface area contributed by atoms with Crippen LogP contribution in [0.3, 0.4) is 0 Å². The molecule has 1 atom stereocenters. The van der Waals surface area contributed by atoms with Crippen molar-refractivity contribution in [2.24, 2.45) is 5.92 Å². The van der Waals surface area contributed by atoms with E-state index in [1.165, 1.54) is 25.1 Å². The van der Waals surface area contributed by atoms with E-state index in [1.54, 1.807) is 26.0 Å². The van der Waals surface area contributed by atoms with E-state index in [1.807, 2.05) is 0 Å². The number of nitro groups is 1. The molecular weight excluding hydrogens is 454 g/mol. The number of esters is 1. The predicted octanol–water partition coefficient (Wildman–Crippen LogP) is 3.39. The first kappa shape index (κ1) is 25.5. The minimum absolute atomic E-state index is 0.0239. The number of amides is 2. The lowest BCUT2D eigenvalue weighted by atomic mass is 10.0. The number of halogens is 1. The van der Waals surface area contributed by atoms with E-state index in [4.69, 9.17) is 16.3 Å². The van der Waals surface area contributed by atoms with Gasteiger partial charge in [0.15, 0.2) is 12.4 Å². The summed E-state index contributed by atoms with van der Waals surface area (Å²) in [6, 6.07) is 8.42. The van der Waals surface area contributed by atoms with Gasteiger partial charge < -0.3 is 15.4 Å². The van der Waals surface area contributed by atoms with Crippen molar-refractivity contribution in [1.29, 1.82) is 0 Å². The summed E-state index contributed by atoms with van der Waals surface area (Å²) in [5, 5.41) is 15.9. The number of hydrogen-bond donors (Lipinski definition) is 2. The summed E-state index contributed by atoms with van der Waals surface area (Å²) in [4.78, 5) is 58.7. The smallest absolute Gasteiger partial charge is 0.329 e. The van der Waals surface area contributed by atoms with Gasteiger partial charge in [-0.25, -0.2) is 4.79 Å². The second-order valence-corrected chi connectivity index (χ2v) is 7.81. The number of hydrogen-bond acceptors (Lipinski definition) is 7. The normalized spacial score (nSPS) is 11.4. The second-order valence-electron chi connectivity index (χ2n) is 7.41.